The molecule has 0 saturated carbocycles. The van der Waals surface area contributed by atoms with Crippen LogP contribution in [-0.2, 0) is 4.79 Å². The number of hydrogen-bond acceptors (Lipinski definition) is 5. The van der Waals surface area contributed by atoms with Crippen molar-refractivity contribution in [3.05, 3.63) is 68.6 Å². The predicted octanol–water partition coefficient (Wildman–Crippen LogP) is 3.57. The number of hydrogen-bond donors (Lipinski definition) is 2. The van der Waals surface area contributed by atoms with Gasteiger partial charge in [0, 0.05) is 8.95 Å². The highest BCUT2D eigenvalue weighted by atomic mass is 79.9. The quantitative estimate of drug-likeness (QED) is 0.710. The first-order valence-corrected chi connectivity index (χ1v) is 9.87. The summed E-state index contributed by atoms with van der Waals surface area (Å²) in [6.45, 7) is 1.06. The maximum Gasteiger partial charge on any atom is 0.261 e. The van der Waals surface area contributed by atoms with Crippen LogP contribution in [0.25, 0.3) is 0 Å². The Hall–Kier alpha value is -1.99. The van der Waals surface area contributed by atoms with Crippen molar-refractivity contribution in [2.45, 2.75) is 12.1 Å². The molecule has 0 aliphatic carbocycles. The largest absolute Gasteiger partial charge is 0.358 e. The third-order valence-corrected chi connectivity index (χ3v) is 5.92. The smallest absolute Gasteiger partial charge is 0.261 e. The number of ketones is 1. The molecule has 26 heavy (non-hydrogen) atoms. The van der Waals surface area contributed by atoms with E-state index in [9.17, 15) is 4.79 Å². The van der Waals surface area contributed by atoms with Crippen molar-refractivity contribution in [3.8, 4) is 0 Å². The zero-order valence-corrected chi connectivity index (χ0v) is 16.9. The van der Waals surface area contributed by atoms with Crippen LogP contribution in [-0.4, -0.2) is 30.5 Å². The summed E-state index contributed by atoms with van der Waals surface area (Å²) < 4.78 is 2.01. The summed E-state index contributed by atoms with van der Waals surface area (Å²) >= 11 is 7.11. The lowest BCUT2D eigenvalue weighted by molar-refractivity contribution is -0.107. The van der Waals surface area contributed by atoms with E-state index in [4.69, 9.17) is 0 Å². The third-order valence-electron chi connectivity index (χ3n) is 4.48. The third kappa shape index (κ3) is 3.33. The van der Waals surface area contributed by atoms with Crippen molar-refractivity contribution >= 4 is 49.3 Å². The number of halogens is 2. The number of carbonyl (C=O) groups is 1. The highest BCUT2D eigenvalue weighted by molar-refractivity contribution is 9.10. The Kier molecular flexibility index (Phi) is 4.91. The van der Waals surface area contributed by atoms with Crippen LogP contribution in [0.2, 0.25) is 0 Å². The standard InChI is InChI=1S/C19H16Br2N4O/c20-13-7-3-1-5-11(13)15-9-22-18(24-15)17(26)19-23-10-16(25-19)12-6-2-4-8-14(12)21/h1-8,15-16H,9-10H2,(H,22,24)(H,23,25). The van der Waals surface area contributed by atoms with Crippen LogP contribution >= 0.6 is 31.9 Å². The molecule has 4 rings (SSSR count). The highest BCUT2D eigenvalue weighted by Gasteiger charge is 2.31. The molecule has 2 unspecified atom stereocenters. The van der Waals surface area contributed by atoms with Crippen molar-refractivity contribution in [2.75, 3.05) is 13.1 Å². The van der Waals surface area contributed by atoms with Crippen molar-refractivity contribution in [1.82, 2.24) is 10.6 Å². The van der Waals surface area contributed by atoms with E-state index in [-0.39, 0.29) is 17.9 Å². The van der Waals surface area contributed by atoms with Crippen molar-refractivity contribution < 1.29 is 4.79 Å². The molecule has 0 radical (unpaired) electrons. The van der Waals surface area contributed by atoms with Gasteiger partial charge in [-0.05, 0) is 23.3 Å². The zero-order chi connectivity index (χ0) is 18.1. The summed E-state index contributed by atoms with van der Waals surface area (Å²) in [5.74, 6) is 0.545. The second kappa shape index (κ2) is 7.32. The Labute approximate surface area is 168 Å². The first kappa shape index (κ1) is 17.4. The lowest BCUT2D eigenvalue weighted by atomic mass is 10.1. The summed E-state index contributed by atoms with van der Waals surface area (Å²) in [6.07, 6.45) is 0. The van der Waals surface area contributed by atoms with Crippen molar-refractivity contribution in [2.24, 2.45) is 9.98 Å². The monoisotopic (exact) mass is 474 g/mol. The SMILES string of the molecule is O=C(C1=NCC(c2ccccc2Br)N1)C1=NCC(c2ccccc2Br)N1. The van der Waals surface area contributed by atoms with Gasteiger partial charge in [-0.15, -0.1) is 0 Å². The minimum atomic E-state index is -0.186. The molecule has 0 bridgehead atoms. The van der Waals surface area contributed by atoms with Gasteiger partial charge < -0.3 is 10.6 Å². The van der Waals surface area contributed by atoms with E-state index in [1.807, 2.05) is 48.5 Å². The average Bonchev–Trinajstić information content (AvgIpc) is 3.32. The number of aliphatic imine (C=N–C) groups is 2. The molecular formula is C19H16Br2N4O. The molecule has 2 aromatic rings. The van der Waals surface area contributed by atoms with Crippen LogP contribution in [0.3, 0.4) is 0 Å². The van der Waals surface area contributed by atoms with Gasteiger partial charge in [-0.25, -0.2) is 0 Å². The predicted molar refractivity (Wildman–Crippen MR) is 110 cm³/mol. The van der Waals surface area contributed by atoms with Gasteiger partial charge in [-0.1, -0.05) is 68.3 Å². The molecule has 0 aromatic heterocycles. The molecule has 0 fully saturated rings. The first-order valence-electron chi connectivity index (χ1n) is 8.29. The van der Waals surface area contributed by atoms with Crippen molar-refractivity contribution in [3.63, 3.8) is 0 Å². The van der Waals surface area contributed by atoms with Crippen LogP contribution in [0.5, 0.6) is 0 Å². The van der Waals surface area contributed by atoms with Gasteiger partial charge in [0.05, 0.1) is 25.2 Å². The number of rotatable bonds is 4. The van der Waals surface area contributed by atoms with Gasteiger partial charge in [-0.3, -0.25) is 14.8 Å². The number of amidine groups is 2. The van der Waals surface area contributed by atoms with E-state index in [2.05, 4.69) is 52.5 Å². The summed E-state index contributed by atoms with van der Waals surface area (Å²) in [5, 5.41) is 6.46. The van der Waals surface area contributed by atoms with E-state index in [1.54, 1.807) is 0 Å². The summed E-state index contributed by atoms with van der Waals surface area (Å²) in [7, 11) is 0. The second-order valence-corrected chi connectivity index (χ2v) is 7.85. The number of nitrogens with zero attached hydrogens (tertiary/aromatic N) is 2. The van der Waals surface area contributed by atoms with Crippen LogP contribution in [0.1, 0.15) is 23.2 Å². The van der Waals surface area contributed by atoms with E-state index in [0.29, 0.717) is 24.8 Å². The topological polar surface area (TPSA) is 65.8 Å². The number of carbonyl (C=O) groups excluding carboxylic acids is 1. The fourth-order valence-electron chi connectivity index (χ4n) is 3.13. The van der Waals surface area contributed by atoms with E-state index in [0.717, 1.165) is 20.1 Å². The molecule has 0 saturated heterocycles. The van der Waals surface area contributed by atoms with Gasteiger partial charge >= 0.3 is 0 Å². The summed E-state index contributed by atoms with van der Waals surface area (Å²) in [4.78, 5) is 21.6. The fourth-order valence-corrected chi connectivity index (χ4v) is 4.25. The lowest BCUT2D eigenvalue weighted by Gasteiger charge is -2.15. The molecule has 2 N–H and O–H groups in total. The molecule has 2 aromatic carbocycles. The first-order chi connectivity index (χ1) is 12.6. The van der Waals surface area contributed by atoms with Gasteiger partial charge in [0.1, 0.15) is 0 Å². The number of benzene rings is 2. The summed E-state index contributed by atoms with van der Waals surface area (Å²) in [6, 6.07) is 15.9. The lowest BCUT2D eigenvalue weighted by Crippen LogP contribution is -2.39. The van der Waals surface area contributed by atoms with Gasteiger partial charge in [0.2, 0.25) is 0 Å². The molecule has 132 valence electrons. The molecule has 2 atom stereocenters. The second-order valence-electron chi connectivity index (χ2n) is 6.14. The minimum absolute atomic E-state index is 0.00871. The fraction of sp³-hybridized carbons (Fsp3) is 0.211. The van der Waals surface area contributed by atoms with Gasteiger partial charge in [-0.2, -0.15) is 0 Å². The molecule has 0 spiro atoms. The van der Waals surface area contributed by atoms with Crippen LogP contribution in [0.4, 0.5) is 0 Å². The Morgan fingerprint density at radius 1 is 0.808 bits per heavy atom. The molecule has 2 aliphatic rings. The molecule has 5 nitrogen and oxygen atoms in total. The molecule has 0 amide bonds. The molecule has 2 aliphatic heterocycles. The molecule has 7 heteroatoms. The van der Waals surface area contributed by atoms with E-state index in [1.165, 1.54) is 0 Å². The molecular weight excluding hydrogens is 460 g/mol. The number of Topliss-reactive ketones (excluding diaryl/α,β-unsaturated/α-hetero) is 1. The Morgan fingerprint density at radius 2 is 1.23 bits per heavy atom. The Morgan fingerprint density at radius 3 is 1.65 bits per heavy atom. The average molecular weight is 476 g/mol. The van der Waals surface area contributed by atoms with Crippen LogP contribution in [0.15, 0.2) is 67.5 Å². The number of nitrogens with one attached hydrogen (secondary N) is 2. The van der Waals surface area contributed by atoms with Crippen LogP contribution in [0, 0.1) is 0 Å². The van der Waals surface area contributed by atoms with Crippen molar-refractivity contribution in [1.29, 1.82) is 0 Å². The zero-order valence-electron chi connectivity index (χ0n) is 13.7. The Bertz CT molecular complexity index is 852. The van der Waals surface area contributed by atoms with E-state index < -0.39 is 0 Å². The normalized spacial score (nSPS) is 21.6. The van der Waals surface area contributed by atoms with Crippen LogP contribution < -0.4 is 10.6 Å². The maximum atomic E-state index is 12.8. The minimum Gasteiger partial charge on any atom is -0.358 e. The Balaban J connectivity index is 1.43. The van der Waals surface area contributed by atoms with E-state index >= 15 is 0 Å². The maximum absolute atomic E-state index is 12.8. The highest BCUT2D eigenvalue weighted by Crippen LogP contribution is 2.27. The van der Waals surface area contributed by atoms with Gasteiger partial charge in [0.15, 0.2) is 11.7 Å². The van der Waals surface area contributed by atoms with Gasteiger partial charge in [0.25, 0.3) is 5.78 Å². The molecule has 2 heterocycles. The summed E-state index contributed by atoms with van der Waals surface area (Å²) in [5.41, 5.74) is 2.18.